The van der Waals surface area contributed by atoms with Gasteiger partial charge in [-0.3, -0.25) is 0 Å². The SMILES string of the molecule is CS(=O)(=O)c1c(-c2ccccc2)n(Cc2ccccc2)c2nc3ccccc3nc12. The highest BCUT2D eigenvalue weighted by atomic mass is 32.2. The molecule has 5 aromatic rings. The molecule has 2 heterocycles. The average molecular weight is 414 g/mol. The number of para-hydroxylation sites is 2. The number of aromatic nitrogens is 3. The molecule has 0 saturated carbocycles. The van der Waals surface area contributed by atoms with Crippen molar-refractivity contribution in [2.75, 3.05) is 6.26 Å². The second-order valence-electron chi connectivity index (χ2n) is 7.27. The molecule has 2 aromatic heterocycles. The summed E-state index contributed by atoms with van der Waals surface area (Å²) in [7, 11) is -3.57. The lowest BCUT2D eigenvalue weighted by Gasteiger charge is -2.12. The molecule has 0 fully saturated rings. The van der Waals surface area contributed by atoms with Crippen molar-refractivity contribution < 1.29 is 8.42 Å². The van der Waals surface area contributed by atoms with Crippen LogP contribution >= 0.6 is 0 Å². The maximum absolute atomic E-state index is 13.0. The van der Waals surface area contributed by atoms with E-state index in [-0.39, 0.29) is 4.90 Å². The predicted molar refractivity (Wildman–Crippen MR) is 119 cm³/mol. The number of benzene rings is 3. The molecule has 0 amide bonds. The topological polar surface area (TPSA) is 64.8 Å². The van der Waals surface area contributed by atoms with Gasteiger partial charge in [0.05, 0.1) is 16.7 Å². The van der Waals surface area contributed by atoms with E-state index in [1.54, 1.807) is 0 Å². The second-order valence-corrected chi connectivity index (χ2v) is 9.22. The van der Waals surface area contributed by atoms with E-state index in [0.29, 0.717) is 28.9 Å². The van der Waals surface area contributed by atoms with Crippen molar-refractivity contribution in [1.29, 1.82) is 0 Å². The third kappa shape index (κ3) is 3.15. The van der Waals surface area contributed by atoms with Crippen LogP contribution in [0.4, 0.5) is 0 Å². The quantitative estimate of drug-likeness (QED) is 0.428. The summed E-state index contributed by atoms with van der Waals surface area (Å²) in [5.74, 6) is 0. The summed E-state index contributed by atoms with van der Waals surface area (Å²) >= 11 is 0. The van der Waals surface area contributed by atoms with Gasteiger partial charge in [0.25, 0.3) is 0 Å². The zero-order chi connectivity index (χ0) is 20.7. The van der Waals surface area contributed by atoms with Gasteiger partial charge in [0.15, 0.2) is 15.5 Å². The largest absolute Gasteiger partial charge is 0.318 e. The zero-order valence-electron chi connectivity index (χ0n) is 16.4. The minimum atomic E-state index is -3.57. The van der Waals surface area contributed by atoms with Gasteiger partial charge in [-0.15, -0.1) is 0 Å². The van der Waals surface area contributed by atoms with Gasteiger partial charge in [0.1, 0.15) is 10.4 Å². The Labute approximate surface area is 174 Å². The van der Waals surface area contributed by atoms with E-state index in [1.165, 1.54) is 6.26 Å². The Bertz CT molecular complexity index is 1480. The first-order valence-electron chi connectivity index (χ1n) is 9.61. The van der Waals surface area contributed by atoms with E-state index in [9.17, 15) is 8.42 Å². The summed E-state index contributed by atoms with van der Waals surface area (Å²) in [6.07, 6.45) is 1.23. The van der Waals surface area contributed by atoms with Crippen LogP contribution in [0.1, 0.15) is 5.56 Å². The molecule has 0 radical (unpaired) electrons. The molecule has 5 rings (SSSR count). The molecule has 0 aliphatic rings. The molecule has 0 atom stereocenters. The Hall–Kier alpha value is -3.51. The molecule has 0 saturated heterocycles. The molecule has 3 aromatic carbocycles. The molecule has 148 valence electrons. The first-order valence-corrected chi connectivity index (χ1v) is 11.5. The zero-order valence-corrected chi connectivity index (χ0v) is 17.2. The van der Waals surface area contributed by atoms with Gasteiger partial charge in [0.2, 0.25) is 0 Å². The van der Waals surface area contributed by atoms with Crippen LogP contribution in [0.2, 0.25) is 0 Å². The van der Waals surface area contributed by atoms with Crippen LogP contribution in [0.15, 0.2) is 89.8 Å². The maximum Gasteiger partial charge on any atom is 0.179 e. The Morgan fingerprint density at radius 1 is 0.767 bits per heavy atom. The third-order valence-corrected chi connectivity index (χ3v) is 6.24. The van der Waals surface area contributed by atoms with Gasteiger partial charge in [-0.25, -0.2) is 18.4 Å². The molecular formula is C24H19N3O2S. The van der Waals surface area contributed by atoms with Crippen molar-refractivity contribution in [3.05, 3.63) is 90.5 Å². The second kappa shape index (κ2) is 7.07. The molecular weight excluding hydrogens is 394 g/mol. The summed E-state index contributed by atoms with van der Waals surface area (Å²) in [6, 6.07) is 27.1. The standard InChI is InChI=1S/C24H19N3O2S/c1-30(28,29)23-21-24(26-20-15-9-8-14-19(20)25-21)27(16-17-10-4-2-5-11-17)22(23)18-12-6-3-7-13-18/h2-15H,16H2,1H3. The number of sulfone groups is 1. The Morgan fingerprint density at radius 2 is 1.33 bits per heavy atom. The molecule has 0 bridgehead atoms. The number of rotatable bonds is 4. The normalized spacial score (nSPS) is 11.9. The smallest absolute Gasteiger partial charge is 0.179 e. The molecule has 0 N–H and O–H groups in total. The Balaban J connectivity index is 1.94. The number of hydrogen-bond donors (Lipinski definition) is 0. The summed E-state index contributed by atoms with van der Waals surface area (Å²) in [6.45, 7) is 0.490. The number of nitrogens with zero attached hydrogens (tertiary/aromatic N) is 3. The lowest BCUT2D eigenvalue weighted by atomic mass is 10.1. The first kappa shape index (κ1) is 18.5. The van der Waals surface area contributed by atoms with Crippen LogP contribution in [0.5, 0.6) is 0 Å². The van der Waals surface area contributed by atoms with E-state index in [4.69, 9.17) is 9.97 Å². The van der Waals surface area contributed by atoms with Crippen LogP contribution in [-0.2, 0) is 16.4 Å². The van der Waals surface area contributed by atoms with Crippen LogP contribution in [0.25, 0.3) is 33.5 Å². The lowest BCUT2D eigenvalue weighted by molar-refractivity contribution is 0.602. The van der Waals surface area contributed by atoms with E-state index in [0.717, 1.165) is 16.6 Å². The van der Waals surface area contributed by atoms with Crippen LogP contribution in [0, 0.1) is 0 Å². The lowest BCUT2D eigenvalue weighted by Crippen LogP contribution is -2.05. The van der Waals surface area contributed by atoms with Gasteiger partial charge in [-0.1, -0.05) is 72.8 Å². The van der Waals surface area contributed by atoms with Crippen LogP contribution < -0.4 is 0 Å². The van der Waals surface area contributed by atoms with Crippen LogP contribution in [-0.4, -0.2) is 29.2 Å². The summed E-state index contributed by atoms with van der Waals surface area (Å²) in [5, 5.41) is 0. The highest BCUT2D eigenvalue weighted by Crippen LogP contribution is 2.36. The fourth-order valence-electron chi connectivity index (χ4n) is 3.83. The molecule has 6 heteroatoms. The molecule has 0 aliphatic heterocycles. The van der Waals surface area contributed by atoms with Crippen molar-refractivity contribution in [1.82, 2.24) is 14.5 Å². The van der Waals surface area contributed by atoms with E-state index < -0.39 is 9.84 Å². The summed E-state index contributed by atoms with van der Waals surface area (Å²) < 4.78 is 27.9. The van der Waals surface area contributed by atoms with Gasteiger partial charge >= 0.3 is 0 Å². The van der Waals surface area contributed by atoms with Gasteiger partial charge in [-0.2, -0.15) is 0 Å². The summed E-state index contributed by atoms with van der Waals surface area (Å²) in [4.78, 5) is 9.78. The minimum absolute atomic E-state index is 0.220. The monoisotopic (exact) mass is 413 g/mol. The van der Waals surface area contributed by atoms with Crippen molar-refractivity contribution >= 4 is 32.0 Å². The first-order chi connectivity index (χ1) is 14.5. The van der Waals surface area contributed by atoms with Gasteiger partial charge in [-0.05, 0) is 23.3 Å². The van der Waals surface area contributed by atoms with Crippen LogP contribution in [0.3, 0.4) is 0 Å². The highest BCUT2D eigenvalue weighted by Gasteiger charge is 2.28. The van der Waals surface area contributed by atoms with Crippen molar-refractivity contribution in [3.63, 3.8) is 0 Å². The fourth-order valence-corrected chi connectivity index (χ4v) is 4.89. The van der Waals surface area contributed by atoms with Crippen molar-refractivity contribution in [2.45, 2.75) is 11.4 Å². The van der Waals surface area contributed by atoms with Crippen molar-refractivity contribution in [2.24, 2.45) is 0 Å². The Kier molecular flexibility index (Phi) is 4.37. The third-order valence-electron chi connectivity index (χ3n) is 5.11. The molecule has 0 aliphatic carbocycles. The predicted octanol–water partition coefficient (Wildman–Crippen LogP) is 4.70. The molecule has 5 nitrogen and oxygen atoms in total. The van der Waals surface area contributed by atoms with Gasteiger partial charge < -0.3 is 4.57 Å². The Morgan fingerprint density at radius 3 is 1.97 bits per heavy atom. The molecule has 0 spiro atoms. The summed E-state index contributed by atoms with van der Waals surface area (Å²) in [5.41, 5.74) is 4.87. The fraction of sp³-hybridized carbons (Fsp3) is 0.0833. The van der Waals surface area contributed by atoms with E-state index in [2.05, 4.69) is 0 Å². The maximum atomic E-state index is 13.0. The van der Waals surface area contributed by atoms with E-state index >= 15 is 0 Å². The number of hydrogen-bond acceptors (Lipinski definition) is 4. The molecule has 0 unspecified atom stereocenters. The van der Waals surface area contributed by atoms with Gasteiger partial charge in [0, 0.05) is 12.8 Å². The van der Waals surface area contributed by atoms with E-state index in [1.807, 2.05) is 89.5 Å². The average Bonchev–Trinajstić information content (AvgIpc) is 3.07. The molecule has 30 heavy (non-hydrogen) atoms. The highest BCUT2D eigenvalue weighted by molar-refractivity contribution is 7.91. The number of fused-ring (bicyclic) bond motifs is 2. The van der Waals surface area contributed by atoms with Crippen molar-refractivity contribution in [3.8, 4) is 11.3 Å². The minimum Gasteiger partial charge on any atom is -0.318 e.